The molecule has 0 spiro atoms. The molecule has 0 radical (unpaired) electrons. The first-order valence-corrected chi connectivity index (χ1v) is 5.86. The van der Waals surface area contributed by atoms with Gasteiger partial charge in [0.05, 0.1) is 6.04 Å². The minimum Gasteiger partial charge on any atom is -0.326 e. The molecule has 0 aromatic heterocycles. The van der Waals surface area contributed by atoms with Gasteiger partial charge in [-0.05, 0) is 24.6 Å². The molecule has 1 aliphatic rings. The summed E-state index contributed by atoms with van der Waals surface area (Å²) in [5.41, 5.74) is 1.61. The number of hydrogen-bond donors (Lipinski definition) is 1. The normalized spacial score (nSPS) is 19.4. The zero-order valence-electron chi connectivity index (χ0n) is 9.14. The summed E-state index contributed by atoms with van der Waals surface area (Å²) in [6, 6.07) is 7.07. The molecule has 17 heavy (non-hydrogen) atoms. The Hall–Kier alpha value is -1.80. The average molecular weight is 292 g/mol. The molecule has 0 aliphatic carbocycles. The topological polar surface area (TPSA) is 56.1 Å². The highest BCUT2D eigenvalue weighted by molar-refractivity contribution is 9.10. The van der Waals surface area contributed by atoms with Crippen LogP contribution in [0.1, 0.15) is 18.5 Å². The van der Waals surface area contributed by atoms with E-state index in [4.69, 9.17) is 5.26 Å². The maximum absolute atomic E-state index is 11.7. The first-order chi connectivity index (χ1) is 8.13. The van der Waals surface area contributed by atoms with Crippen LogP contribution < -0.4 is 5.32 Å². The molecular weight excluding hydrogens is 282 g/mol. The van der Waals surface area contributed by atoms with E-state index in [1.54, 1.807) is 6.92 Å². The molecule has 1 atom stereocenters. The van der Waals surface area contributed by atoms with Crippen LogP contribution >= 0.6 is 15.9 Å². The number of halogens is 1. The smallest absolute Gasteiger partial charge is 0.326 e. The van der Waals surface area contributed by atoms with Crippen LogP contribution in [0.5, 0.6) is 0 Å². The number of nitrogens with one attached hydrogen (secondary N) is 1. The molecule has 1 unspecified atom stereocenters. The van der Waals surface area contributed by atoms with Gasteiger partial charge in [-0.2, -0.15) is 5.26 Å². The largest absolute Gasteiger partial charge is 0.335 e. The molecule has 0 bridgehead atoms. The minimum absolute atomic E-state index is 0.206. The molecule has 0 saturated carbocycles. The first kappa shape index (κ1) is 11.7. The number of nitriles is 1. The third kappa shape index (κ3) is 2.17. The van der Waals surface area contributed by atoms with Crippen LogP contribution in [-0.4, -0.2) is 10.9 Å². The second-order valence-electron chi connectivity index (χ2n) is 3.69. The van der Waals surface area contributed by atoms with Gasteiger partial charge in [-0.1, -0.05) is 34.1 Å². The molecule has 5 heteroatoms. The Morgan fingerprint density at radius 3 is 2.76 bits per heavy atom. The number of hydrogen-bond acceptors (Lipinski definition) is 2. The standard InChI is InChI=1S/C12H10BrN3O/c1-8-6-11(15-12(17)16(8)7-14)9-4-2-3-5-10(9)13/h2-6,11H,1H3,(H,15,17). The van der Waals surface area contributed by atoms with E-state index in [1.807, 2.05) is 36.5 Å². The van der Waals surface area contributed by atoms with Crippen LogP contribution in [0.15, 0.2) is 40.5 Å². The first-order valence-electron chi connectivity index (χ1n) is 5.06. The summed E-state index contributed by atoms with van der Waals surface area (Å²) in [6.07, 6.45) is 3.68. The molecule has 1 aromatic rings. The van der Waals surface area contributed by atoms with E-state index < -0.39 is 6.03 Å². The molecule has 2 rings (SSSR count). The van der Waals surface area contributed by atoms with Crippen LogP contribution in [0, 0.1) is 11.5 Å². The zero-order chi connectivity index (χ0) is 12.4. The lowest BCUT2D eigenvalue weighted by Crippen LogP contribution is -2.41. The molecule has 4 nitrogen and oxygen atoms in total. The molecule has 0 saturated heterocycles. The third-order valence-electron chi connectivity index (χ3n) is 2.58. The van der Waals surface area contributed by atoms with E-state index in [-0.39, 0.29) is 6.04 Å². The Balaban J connectivity index is 2.38. The van der Waals surface area contributed by atoms with Crippen molar-refractivity contribution in [2.24, 2.45) is 0 Å². The van der Waals surface area contributed by atoms with Gasteiger partial charge in [-0.15, -0.1) is 0 Å². The number of carbonyl (C=O) groups is 1. The number of rotatable bonds is 1. The van der Waals surface area contributed by atoms with Gasteiger partial charge in [0.1, 0.15) is 0 Å². The van der Waals surface area contributed by atoms with Crippen molar-refractivity contribution in [1.29, 1.82) is 5.26 Å². The summed E-state index contributed by atoms with van der Waals surface area (Å²) < 4.78 is 0.930. The van der Waals surface area contributed by atoms with Gasteiger partial charge in [0.25, 0.3) is 0 Å². The highest BCUT2D eigenvalue weighted by Crippen LogP contribution is 2.27. The number of benzene rings is 1. The Morgan fingerprint density at radius 2 is 2.18 bits per heavy atom. The molecule has 1 N–H and O–H groups in total. The molecule has 2 amide bonds. The number of amides is 2. The number of allylic oxidation sites excluding steroid dienone is 1. The number of carbonyl (C=O) groups excluding carboxylic acids is 1. The summed E-state index contributed by atoms with van der Waals surface area (Å²) >= 11 is 3.44. The Morgan fingerprint density at radius 1 is 1.47 bits per heavy atom. The lowest BCUT2D eigenvalue weighted by molar-refractivity contribution is 0.219. The molecule has 86 valence electrons. The van der Waals surface area contributed by atoms with Crippen molar-refractivity contribution in [1.82, 2.24) is 10.2 Å². The van der Waals surface area contributed by atoms with Crippen LogP contribution in [0.4, 0.5) is 4.79 Å². The van der Waals surface area contributed by atoms with E-state index in [1.165, 1.54) is 0 Å². The number of urea groups is 1. The van der Waals surface area contributed by atoms with Crippen molar-refractivity contribution >= 4 is 22.0 Å². The Bertz CT molecular complexity index is 533. The number of nitrogens with zero attached hydrogens (tertiary/aromatic N) is 2. The SMILES string of the molecule is CC1=CC(c2ccccc2Br)NC(=O)N1C#N. The second kappa shape index (κ2) is 4.60. The van der Waals surface area contributed by atoms with Gasteiger partial charge in [-0.25, -0.2) is 9.69 Å². The van der Waals surface area contributed by atoms with Gasteiger partial charge in [0.15, 0.2) is 6.19 Å². The van der Waals surface area contributed by atoms with Crippen LogP contribution in [0.3, 0.4) is 0 Å². The minimum atomic E-state index is -0.395. The molecule has 1 aliphatic heterocycles. The van der Waals surface area contributed by atoms with Crippen molar-refractivity contribution < 1.29 is 4.79 Å². The van der Waals surface area contributed by atoms with E-state index in [9.17, 15) is 4.79 Å². The van der Waals surface area contributed by atoms with E-state index in [0.717, 1.165) is 14.9 Å². The third-order valence-corrected chi connectivity index (χ3v) is 3.31. The summed E-state index contributed by atoms with van der Waals surface area (Å²) in [6.45, 7) is 1.74. The van der Waals surface area contributed by atoms with Crippen LogP contribution in [0.2, 0.25) is 0 Å². The molecular formula is C12H10BrN3O. The van der Waals surface area contributed by atoms with Gasteiger partial charge < -0.3 is 5.32 Å². The van der Waals surface area contributed by atoms with E-state index in [0.29, 0.717) is 5.70 Å². The van der Waals surface area contributed by atoms with Crippen molar-refractivity contribution in [3.05, 3.63) is 46.1 Å². The lowest BCUT2D eigenvalue weighted by atomic mass is 10.0. The maximum atomic E-state index is 11.7. The fourth-order valence-corrected chi connectivity index (χ4v) is 2.27. The summed E-state index contributed by atoms with van der Waals surface area (Å²) in [4.78, 5) is 12.7. The summed E-state index contributed by atoms with van der Waals surface area (Å²) in [7, 11) is 0. The Kier molecular flexibility index (Phi) is 3.16. The Labute approximate surface area is 108 Å². The monoisotopic (exact) mass is 291 g/mol. The van der Waals surface area contributed by atoms with E-state index >= 15 is 0 Å². The van der Waals surface area contributed by atoms with Crippen molar-refractivity contribution in [3.63, 3.8) is 0 Å². The lowest BCUT2D eigenvalue weighted by Gasteiger charge is -2.27. The van der Waals surface area contributed by atoms with E-state index in [2.05, 4.69) is 21.2 Å². The maximum Gasteiger partial charge on any atom is 0.335 e. The van der Waals surface area contributed by atoms with Crippen LogP contribution in [-0.2, 0) is 0 Å². The fraction of sp³-hybridized carbons (Fsp3) is 0.167. The molecule has 1 heterocycles. The molecule has 1 aromatic carbocycles. The van der Waals surface area contributed by atoms with Crippen molar-refractivity contribution in [2.75, 3.05) is 0 Å². The predicted molar refractivity (Wildman–Crippen MR) is 66.6 cm³/mol. The van der Waals surface area contributed by atoms with Crippen molar-refractivity contribution in [3.8, 4) is 6.19 Å². The average Bonchev–Trinajstić information content (AvgIpc) is 2.29. The second-order valence-corrected chi connectivity index (χ2v) is 4.55. The zero-order valence-corrected chi connectivity index (χ0v) is 10.7. The summed E-state index contributed by atoms with van der Waals surface area (Å²) in [5, 5.41) is 11.6. The fourth-order valence-electron chi connectivity index (χ4n) is 1.73. The van der Waals surface area contributed by atoms with Gasteiger partial charge in [0, 0.05) is 10.2 Å². The van der Waals surface area contributed by atoms with Gasteiger partial charge in [-0.3, -0.25) is 0 Å². The van der Waals surface area contributed by atoms with Gasteiger partial charge in [0.2, 0.25) is 0 Å². The highest BCUT2D eigenvalue weighted by atomic mass is 79.9. The molecule has 0 fully saturated rings. The van der Waals surface area contributed by atoms with Crippen molar-refractivity contribution in [2.45, 2.75) is 13.0 Å². The highest BCUT2D eigenvalue weighted by Gasteiger charge is 2.25. The quantitative estimate of drug-likeness (QED) is 0.809. The van der Waals surface area contributed by atoms with Gasteiger partial charge >= 0.3 is 6.03 Å². The predicted octanol–water partition coefficient (Wildman–Crippen LogP) is 2.90. The van der Waals surface area contributed by atoms with Crippen LogP contribution in [0.25, 0.3) is 0 Å². The summed E-state index contributed by atoms with van der Waals surface area (Å²) in [5.74, 6) is 0.